The van der Waals surface area contributed by atoms with Crippen molar-refractivity contribution in [3.63, 3.8) is 0 Å². The van der Waals surface area contributed by atoms with Crippen molar-refractivity contribution in [2.75, 3.05) is 0 Å². The van der Waals surface area contributed by atoms with Crippen molar-refractivity contribution in [2.45, 2.75) is 83.3 Å². The van der Waals surface area contributed by atoms with Gasteiger partial charge in [-0.3, -0.25) is 0 Å². The van der Waals surface area contributed by atoms with Crippen LogP contribution in [0.25, 0.3) is 0 Å². The maximum atomic E-state index is 10.4. The van der Waals surface area contributed by atoms with Crippen LogP contribution in [-0.2, 0) is 0 Å². The Balaban J connectivity index is -0.0000000718. The summed E-state index contributed by atoms with van der Waals surface area (Å²) in [7, 11) is 0. The minimum absolute atomic E-state index is 0. The molecule has 0 saturated carbocycles. The van der Waals surface area contributed by atoms with Gasteiger partial charge in [-0.05, 0) is 16.7 Å². The Hall–Kier alpha value is -4.14. The topological polar surface area (TPSA) is 120 Å². The summed E-state index contributed by atoms with van der Waals surface area (Å²) in [5, 5.41) is 30.3. The number of carbonyl (C=O) groups excluding carboxylic acids is 3. The first kappa shape index (κ1) is 54.0. The van der Waals surface area contributed by atoms with Crippen LogP contribution in [0, 0.1) is 0 Å². The molecule has 3 aromatic rings. The molecule has 242 valence electrons. The maximum absolute atomic E-state index is 10.4. The highest BCUT2D eigenvalue weighted by Gasteiger charge is 2.15. The average Bonchev–Trinajstić information content (AvgIpc) is 2.98. The van der Waals surface area contributed by atoms with E-state index in [1.807, 2.05) is 55.4 Å². The molecule has 3 aromatic carbocycles. The molecule has 6 nitrogen and oxygen atoms in total. The van der Waals surface area contributed by atoms with E-state index in [0.29, 0.717) is 0 Å². The molecular formula is C33H50F3O6-3. The molecule has 0 saturated heterocycles. The highest BCUT2D eigenvalue weighted by atomic mass is 19.4. The van der Waals surface area contributed by atoms with Gasteiger partial charge in [0.05, 0.1) is 17.9 Å². The van der Waals surface area contributed by atoms with Gasteiger partial charge in [-0.25, -0.2) is 0 Å². The molecule has 0 spiro atoms. The third kappa shape index (κ3) is 42.9. The minimum Gasteiger partial charge on any atom is -0.545 e. The van der Waals surface area contributed by atoms with Crippen molar-refractivity contribution < 1.29 is 42.9 Å². The molecule has 0 N–H and O–H groups in total. The predicted octanol–water partition coefficient (Wildman–Crippen LogP) is 7.10. The summed E-state index contributed by atoms with van der Waals surface area (Å²) in [6, 6.07) is 24.2. The van der Waals surface area contributed by atoms with Crippen molar-refractivity contribution >= 4 is 17.9 Å². The van der Waals surface area contributed by atoms with Crippen LogP contribution in [0.3, 0.4) is 0 Å². The van der Waals surface area contributed by atoms with Crippen LogP contribution < -0.4 is 15.3 Å². The third-order valence-electron chi connectivity index (χ3n) is 3.03. The number of benzene rings is 3. The number of hydrogen-bond acceptors (Lipinski definition) is 6. The number of carboxylic acids is 3. The van der Waals surface area contributed by atoms with Gasteiger partial charge in [-0.1, -0.05) is 161 Å². The quantitative estimate of drug-likeness (QED) is 0.317. The van der Waals surface area contributed by atoms with E-state index in [9.17, 15) is 42.9 Å². The van der Waals surface area contributed by atoms with Crippen molar-refractivity contribution in [2.24, 2.45) is 0 Å². The fourth-order valence-electron chi connectivity index (χ4n) is 1.72. The van der Waals surface area contributed by atoms with Crippen molar-refractivity contribution in [1.29, 1.82) is 0 Å². The Morgan fingerprint density at radius 2 is 0.571 bits per heavy atom. The zero-order valence-corrected chi connectivity index (χ0v) is 24.7. The van der Waals surface area contributed by atoms with Gasteiger partial charge >= 0.3 is 6.18 Å². The number of carbonyl (C=O) groups is 3. The lowest BCUT2D eigenvalue weighted by Gasteiger charge is -1.97. The zero-order chi connectivity index (χ0) is 32.6. The molecule has 0 heterocycles. The number of rotatable bonds is 3. The van der Waals surface area contributed by atoms with Crippen molar-refractivity contribution in [3.05, 3.63) is 108 Å². The molecule has 3 rings (SSSR count). The molecule has 0 amide bonds. The van der Waals surface area contributed by atoms with Crippen molar-refractivity contribution in [1.82, 2.24) is 0 Å². The first-order chi connectivity index (χ1) is 18.9. The van der Waals surface area contributed by atoms with Crippen LogP contribution in [-0.4, -0.2) is 24.1 Å². The van der Waals surface area contributed by atoms with Crippen LogP contribution >= 0.6 is 0 Å². The lowest BCUT2D eigenvalue weighted by atomic mass is 10.2. The first-order valence-corrected chi connectivity index (χ1v) is 12.8. The van der Waals surface area contributed by atoms with E-state index < -0.39 is 24.1 Å². The summed E-state index contributed by atoms with van der Waals surface area (Å²) >= 11 is 0. The number of alkyl halides is 3. The summed E-state index contributed by atoms with van der Waals surface area (Å²) in [5.74, 6) is -3.39. The Kier molecular flexibility index (Phi) is 50.2. The second-order valence-corrected chi connectivity index (χ2v) is 5.74. The van der Waals surface area contributed by atoms with E-state index in [0.717, 1.165) is 0 Å². The Labute approximate surface area is 251 Å². The van der Waals surface area contributed by atoms with Gasteiger partial charge in [0.15, 0.2) is 0 Å². The first-order valence-electron chi connectivity index (χ1n) is 12.8. The van der Waals surface area contributed by atoms with Gasteiger partial charge in [0.1, 0.15) is 0 Å². The lowest BCUT2D eigenvalue weighted by Crippen LogP contribution is -2.21. The summed E-state index contributed by atoms with van der Waals surface area (Å²) in [5.41, 5.74) is 0.660. The van der Waals surface area contributed by atoms with Crippen LogP contribution in [0.4, 0.5) is 13.2 Å². The Bertz CT molecular complexity index is 824. The molecule has 0 bridgehead atoms. The number of hydrogen-bond donors (Lipinski definition) is 0. The summed E-state index contributed by atoms with van der Waals surface area (Å²) in [4.78, 5) is 30.3. The number of halogens is 3. The van der Waals surface area contributed by atoms with E-state index in [2.05, 4.69) is 0 Å². The van der Waals surface area contributed by atoms with Gasteiger partial charge in [-0.15, -0.1) is 0 Å². The molecule has 9 heteroatoms. The molecule has 0 aromatic heterocycles. The molecule has 42 heavy (non-hydrogen) atoms. The van der Waals surface area contributed by atoms with E-state index in [1.54, 1.807) is 54.6 Å². The minimum atomic E-state index is -4.00. The van der Waals surface area contributed by atoms with Crippen LogP contribution in [0.5, 0.6) is 0 Å². The fraction of sp³-hybridized carbons (Fsp3) is 0.364. The van der Waals surface area contributed by atoms with Crippen molar-refractivity contribution in [3.8, 4) is 0 Å². The molecule has 0 fully saturated rings. The number of carboxylic acid groups (broad SMARTS) is 3. The zero-order valence-electron chi connectivity index (χ0n) is 24.7. The normalized spacial score (nSPS) is 7.71. The van der Waals surface area contributed by atoms with E-state index in [1.165, 1.54) is 36.4 Å². The van der Waals surface area contributed by atoms with Crippen LogP contribution in [0.1, 0.15) is 108 Å². The molecule has 0 atom stereocenters. The summed E-state index contributed by atoms with van der Waals surface area (Å²) in [6.07, 6.45) is -4.00. The van der Waals surface area contributed by atoms with Crippen LogP contribution in [0.2, 0.25) is 0 Å². The highest BCUT2D eigenvalue weighted by molar-refractivity contribution is 5.86. The van der Waals surface area contributed by atoms with Gasteiger partial charge in [0.2, 0.25) is 0 Å². The molecule has 0 aliphatic rings. The number of aromatic carboxylic acids is 3. The monoisotopic (exact) mass is 599 g/mol. The van der Waals surface area contributed by atoms with E-state index >= 15 is 0 Å². The van der Waals surface area contributed by atoms with Gasteiger partial charge < -0.3 is 29.7 Å². The SMILES string of the molecule is C.C.CC.CC.CC.CC.CC(F)(F)F.O=C([O-])c1ccccc1.O=C([O-])c1ccccc1.O=C([O-])c1ccccc1. The third-order valence-corrected chi connectivity index (χ3v) is 3.03. The molecule has 0 aliphatic carbocycles. The maximum Gasteiger partial charge on any atom is 0.386 e. The smallest absolute Gasteiger partial charge is 0.386 e. The van der Waals surface area contributed by atoms with Gasteiger partial charge in [-0.2, -0.15) is 13.2 Å². The molecule has 0 unspecified atom stereocenters. The molecular weight excluding hydrogens is 549 g/mol. The largest absolute Gasteiger partial charge is 0.545 e. The second-order valence-electron chi connectivity index (χ2n) is 5.74. The molecule has 0 aliphatic heterocycles. The highest BCUT2D eigenvalue weighted by Crippen LogP contribution is 2.10. The molecule has 0 radical (unpaired) electrons. The van der Waals surface area contributed by atoms with Gasteiger partial charge in [0, 0.05) is 6.92 Å². The lowest BCUT2D eigenvalue weighted by molar-refractivity contribution is -0.256. The summed E-state index contributed by atoms with van der Waals surface area (Å²) in [6.45, 7) is 16.2. The van der Waals surface area contributed by atoms with Crippen LogP contribution in [0.15, 0.2) is 91.0 Å². The average molecular weight is 600 g/mol. The second kappa shape index (κ2) is 39.0. The standard InChI is InChI=1S/3C7H6O2.C2H3F3.4C2H6.2CH4/c3*8-7(9)6-4-2-1-3-5-6;1-2(3,4)5;4*1-2;;/h3*1-5H,(H,8,9);1H3;4*1-2H3;2*1H4/p-3. The van der Waals surface area contributed by atoms with E-state index in [4.69, 9.17) is 0 Å². The van der Waals surface area contributed by atoms with E-state index in [-0.39, 0.29) is 38.5 Å². The Morgan fingerprint density at radius 3 is 0.643 bits per heavy atom. The van der Waals surface area contributed by atoms with Gasteiger partial charge in [0.25, 0.3) is 0 Å². The predicted molar refractivity (Wildman–Crippen MR) is 163 cm³/mol. The fourth-order valence-corrected chi connectivity index (χ4v) is 1.72. The Morgan fingerprint density at radius 1 is 0.452 bits per heavy atom. The summed E-state index contributed by atoms with van der Waals surface area (Å²) < 4.78 is 31.1.